The molecule has 8 nitrogen and oxygen atoms in total. The number of allylic oxidation sites excluding steroid dienone is 7. The minimum Gasteiger partial charge on any atom is -0.497 e. The van der Waals surface area contributed by atoms with Crippen LogP contribution in [-0.4, -0.2) is 65.0 Å². The molecule has 2 aromatic carbocycles. The van der Waals surface area contributed by atoms with Crippen LogP contribution < -0.4 is 18.9 Å². The first-order chi connectivity index (χ1) is 33.2. The molecule has 0 amide bonds. The molecular formula is C61H89N3O5+2. The van der Waals surface area contributed by atoms with E-state index in [0.717, 1.165) is 62.6 Å². The highest BCUT2D eigenvalue weighted by molar-refractivity contribution is 6.03. The molecule has 1 aromatic heterocycles. The van der Waals surface area contributed by atoms with Gasteiger partial charge in [-0.25, -0.2) is 4.57 Å². The predicted molar refractivity (Wildman–Crippen MR) is 285 cm³/mol. The number of nitrogens with zero attached hydrogens (tertiary/aromatic N) is 3. The molecule has 1 aliphatic carbocycles. The molecule has 376 valence electrons. The quantitative estimate of drug-likeness (QED) is 0.0561. The molecule has 1 atom stereocenters. The van der Waals surface area contributed by atoms with Crippen LogP contribution in [0.15, 0.2) is 108 Å². The Morgan fingerprint density at radius 2 is 1.29 bits per heavy atom. The van der Waals surface area contributed by atoms with Gasteiger partial charge in [-0.05, 0) is 98.7 Å². The molecule has 0 saturated heterocycles. The van der Waals surface area contributed by atoms with Crippen molar-refractivity contribution >= 4 is 17.1 Å². The number of benzene rings is 2. The maximum Gasteiger partial charge on any atom is 0.210 e. The zero-order valence-corrected chi connectivity index (χ0v) is 45.0. The summed E-state index contributed by atoms with van der Waals surface area (Å²) < 4.78 is 34.9. The number of ether oxygens (including phenoxy) is 5. The van der Waals surface area contributed by atoms with E-state index in [9.17, 15) is 0 Å². The van der Waals surface area contributed by atoms with Crippen molar-refractivity contribution in [3.8, 4) is 11.5 Å². The van der Waals surface area contributed by atoms with Gasteiger partial charge in [0.1, 0.15) is 29.9 Å². The molecule has 0 fully saturated rings. The minimum atomic E-state index is -0.240. The number of aryl methyl sites for hydroxylation is 1. The molecule has 6 rings (SSSR count). The maximum absolute atomic E-state index is 7.54. The van der Waals surface area contributed by atoms with Crippen molar-refractivity contribution in [3.63, 3.8) is 0 Å². The van der Waals surface area contributed by atoms with Gasteiger partial charge in [-0.1, -0.05) is 99.0 Å². The second kappa shape index (κ2) is 24.9. The molecule has 3 aliphatic rings. The van der Waals surface area contributed by atoms with Gasteiger partial charge >= 0.3 is 0 Å². The van der Waals surface area contributed by atoms with E-state index in [-0.39, 0.29) is 22.3 Å². The molecule has 3 aromatic rings. The van der Waals surface area contributed by atoms with E-state index in [1.54, 1.807) is 28.4 Å². The van der Waals surface area contributed by atoms with E-state index in [0.29, 0.717) is 13.2 Å². The molecule has 0 spiro atoms. The Balaban J connectivity index is 1.35. The summed E-state index contributed by atoms with van der Waals surface area (Å²) in [5.41, 5.74) is 10.5. The first-order valence-corrected chi connectivity index (χ1v) is 26.5. The fraction of sp³-hybridized carbons (Fsp3) is 0.574. The summed E-state index contributed by atoms with van der Waals surface area (Å²) in [5, 5.41) is 0. The summed E-state index contributed by atoms with van der Waals surface area (Å²) in [6.45, 7) is 22.7. The largest absolute Gasteiger partial charge is 0.497 e. The lowest BCUT2D eigenvalue weighted by Gasteiger charge is -2.32. The highest BCUT2D eigenvalue weighted by atomic mass is 16.5. The number of rotatable bonds is 27. The number of aromatic nitrogens is 1. The zero-order chi connectivity index (χ0) is 49.6. The smallest absolute Gasteiger partial charge is 0.210 e. The summed E-state index contributed by atoms with van der Waals surface area (Å²) in [6.07, 6.45) is 30.9. The fourth-order valence-electron chi connectivity index (χ4n) is 10.7. The average molecular weight is 944 g/mol. The number of methoxy groups -OCH3 is 4. The molecule has 69 heavy (non-hydrogen) atoms. The monoisotopic (exact) mass is 944 g/mol. The molecule has 1 unspecified atom stereocenters. The van der Waals surface area contributed by atoms with Crippen molar-refractivity contribution in [1.82, 2.24) is 0 Å². The van der Waals surface area contributed by atoms with E-state index in [4.69, 9.17) is 23.7 Å². The molecule has 0 radical (unpaired) electrons. The standard InChI is InChI=1S/C61H89N3O5/c1-13-14-15-16-17-18-19-20-21-22-37-62-40-35-48(36-41-62)58(59(2,3)4)69-57-46(27-33-55-60(5,6)51-44-49(67-11)29-31-53(51)63(55)38-23-42-65-9)25-26-47(57)28-34-56-61(7,8)52-45-50(68-12)30-32-54(52)64(56)39-24-43-66-10/h27-36,40-41,44-45,58H,13-26,37-39,42-43H2,1-12H3/q+2. The van der Waals surface area contributed by atoms with Crippen LogP contribution in [0.25, 0.3) is 0 Å². The van der Waals surface area contributed by atoms with Crippen molar-refractivity contribution in [2.45, 2.75) is 169 Å². The molecule has 0 bridgehead atoms. The van der Waals surface area contributed by atoms with Crippen LogP contribution in [0, 0.1) is 5.41 Å². The first kappa shape index (κ1) is 53.7. The average Bonchev–Trinajstić information content (AvgIpc) is 3.89. The lowest BCUT2D eigenvalue weighted by atomic mass is 9.81. The van der Waals surface area contributed by atoms with E-state index < -0.39 is 0 Å². The van der Waals surface area contributed by atoms with E-state index >= 15 is 0 Å². The van der Waals surface area contributed by atoms with Gasteiger partial charge in [0.15, 0.2) is 24.7 Å². The third kappa shape index (κ3) is 13.2. The minimum absolute atomic E-state index is 0.167. The summed E-state index contributed by atoms with van der Waals surface area (Å²) in [7, 11) is 7.07. The summed E-state index contributed by atoms with van der Waals surface area (Å²) >= 11 is 0. The Bertz CT molecular complexity index is 2310. The van der Waals surface area contributed by atoms with Crippen LogP contribution >= 0.6 is 0 Å². The topological polar surface area (TPSA) is 56.3 Å². The number of pyridine rings is 1. The highest BCUT2D eigenvalue weighted by Gasteiger charge is 2.45. The second-order valence-electron chi connectivity index (χ2n) is 21.7. The normalized spacial score (nSPS) is 18.0. The molecule has 0 saturated carbocycles. The van der Waals surface area contributed by atoms with Gasteiger partial charge in [0.2, 0.25) is 5.69 Å². The molecule has 3 heterocycles. The lowest BCUT2D eigenvalue weighted by Crippen LogP contribution is -2.33. The van der Waals surface area contributed by atoms with Crippen LogP contribution in [0.2, 0.25) is 0 Å². The Kier molecular flexibility index (Phi) is 19.4. The summed E-state index contributed by atoms with van der Waals surface area (Å²) in [6, 6.07) is 17.6. The zero-order valence-electron chi connectivity index (χ0n) is 45.0. The molecule has 0 N–H and O–H groups in total. The first-order valence-electron chi connectivity index (χ1n) is 26.5. The molecule has 8 heteroatoms. The number of anilines is 1. The number of hydrogen-bond donors (Lipinski definition) is 0. The van der Waals surface area contributed by atoms with Crippen molar-refractivity contribution in [2.24, 2.45) is 5.41 Å². The van der Waals surface area contributed by atoms with Crippen molar-refractivity contribution in [2.75, 3.05) is 59.6 Å². The maximum atomic E-state index is 7.54. The van der Waals surface area contributed by atoms with Crippen molar-refractivity contribution < 1.29 is 32.8 Å². The predicted octanol–water partition coefficient (Wildman–Crippen LogP) is 14.4. The number of hydrogen-bond acceptors (Lipinski definition) is 6. The van der Waals surface area contributed by atoms with Gasteiger partial charge in [0.25, 0.3) is 0 Å². The van der Waals surface area contributed by atoms with Crippen molar-refractivity contribution in [3.05, 3.63) is 125 Å². The van der Waals surface area contributed by atoms with Gasteiger partial charge < -0.3 is 28.6 Å². The van der Waals surface area contributed by atoms with Gasteiger partial charge in [0.05, 0.1) is 26.2 Å². The van der Waals surface area contributed by atoms with Gasteiger partial charge in [0, 0.05) is 97.8 Å². The molecular weight excluding hydrogens is 855 g/mol. The summed E-state index contributed by atoms with van der Waals surface area (Å²) in [5.74, 6) is 2.75. The van der Waals surface area contributed by atoms with Crippen LogP contribution in [0.4, 0.5) is 11.4 Å². The van der Waals surface area contributed by atoms with Crippen LogP contribution in [0.3, 0.4) is 0 Å². The second-order valence-corrected chi connectivity index (χ2v) is 21.7. The Morgan fingerprint density at radius 3 is 1.93 bits per heavy atom. The van der Waals surface area contributed by atoms with Crippen LogP contribution in [0.5, 0.6) is 11.5 Å². The summed E-state index contributed by atoms with van der Waals surface area (Å²) in [4.78, 5) is 2.49. The van der Waals surface area contributed by atoms with E-state index in [2.05, 4.69) is 155 Å². The Hall–Kier alpha value is -4.66. The van der Waals surface area contributed by atoms with Crippen LogP contribution in [-0.2, 0) is 31.6 Å². The number of fused-ring (bicyclic) bond motifs is 2. The van der Waals surface area contributed by atoms with Gasteiger partial charge in [-0.3, -0.25) is 0 Å². The third-order valence-electron chi connectivity index (χ3n) is 14.8. The highest BCUT2D eigenvalue weighted by Crippen LogP contribution is 2.50. The van der Waals surface area contributed by atoms with Gasteiger partial charge in [-0.2, -0.15) is 4.58 Å². The Morgan fingerprint density at radius 1 is 0.667 bits per heavy atom. The van der Waals surface area contributed by atoms with Crippen LogP contribution in [0.1, 0.15) is 168 Å². The van der Waals surface area contributed by atoms with Crippen molar-refractivity contribution in [1.29, 1.82) is 0 Å². The van der Waals surface area contributed by atoms with Gasteiger partial charge in [-0.15, -0.1) is 0 Å². The van der Waals surface area contributed by atoms with E-state index in [1.807, 2.05) is 0 Å². The number of unbranched alkanes of at least 4 members (excludes halogenated alkanes) is 9. The SMILES string of the molecule is CCCCCCCCCCCC[n+]1ccc(C(OC2=C(/C=C/C3=[N+](CCCOC)c4ccc(OC)cc4C3(C)C)CC/C2=C\C=C2\N(CCCOC)c3ccc(OC)cc3C2(C)C)C(C)(C)C)cc1. The Labute approximate surface area is 418 Å². The van der Waals surface area contributed by atoms with E-state index in [1.165, 1.54) is 115 Å². The third-order valence-corrected chi connectivity index (χ3v) is 14.8. The lowest BCUT2D eigenvalue weighted by molar-refractivity contribution is -0.697. The fourth-order valence-corrected chi connectivity index (χ4v) is 10.7. The molecule has 2 aliphatic heterocycles.